The van der Waals surface area contributed by atoms with E-state index in [4.69, 9.17) is 4.18 Å². The monoisotopic (exact) mass is 466 g/mol. The molecule has 1 aliphatic heterocycles. The van der Waals surface area contributed by atoms with Crippen LogP contribution in [0.25, 0.3) is 0 Å². The highest BCUT2D eigenvalue weighted by atomic mass is 32.2. The maximum Gasteiger partial charge on any atom is 0.309 e. The van der Waals surface area contributed by atoms with Gasteiger partial charge in [0.25, 0.3) is 0 Å². The Kier molecular flexibility index (Phi) is 11.5. The molecular weight excluding hydrogens is 424 g/mol. The first-order valence-corrected chi connectivity index (χ1v) is 14.0. The molecule has 7 heteroatoms. The van der Waals surface area contributed by atoms with Crippen LogP contribution in [0.4, 0.5) is 0 Å². The van der Waals surface area contributed by atoms with Gasteiger partial charge in [0.05, 0.1) is 5.75 Å². The van der Waals surface area contributed by atoms with E-state index in [9.17, 15) is 13.2 Å². The van der Waals surface area contributed by atoms with Crippen molar-refractivity contribution in [1.82, 2.24) is 10.2 Å². The molecule has 0 aromatic heterocycles. The molecule has 1 aliphatic rings. The fourth-order valence-electron chi connectivity index (χ4n) is 4.31. The average molecular weight is 467 g/mol. The van der Waals surface area contributed by atoms with Gasteiger partial charge in [-0.05, 0) is 69.6 Å². The second-order valence-corrected chi connectivity index (χ2v) is 10.7. The maximum absolute atomic E-state index is 12.1. The van der Waals surface area contributed by atoms with E-state index in [1.807, 2.05) is 19.1 Å². The smallest absolute Gasteiger partial charge is 0.309 e. The molecular formula is C25H42N2O4S. The molecule has 2 atom stereocenters. The van der Waals surface area contributed by atoms with Crippen molar-refractivity contribution in [2.24, 2.45) is 0 Å². The highest BCUT2D eigenvalue weighted by Gasteiger charge is 2.17. The van der Waals surface area contributed by atoms with Gasteiger partial charge < -0.3 is 14.4 Å². The largest absolute Gasteiger partial charge is 0.382 e. The third kappa shape index (κ3) is 9.90. The molecule has 0 radical (unpaired) electrons. The zero-order valence-corrected chi connectivity index (χ0v) is 21.0. The van der Waals surface area contributed by atoms with Crippen molar-refractivity contribution in [3.63, 3.8) is 0 Å². The van der Waals surface area contributed by atoms with Gasteiger partial charge in [0.2, 0.25) is 5.91 Å². The van der Waals surface area contributed by atoms with Crippen molar-refractivity contribution >= 4 is 16.0 Å². The van der Waals surface area contributed by atoms with E-state index in [2.05, 4.69) is 24.1 Å². The van der Waals surface area contributed by atoms with Crippen LogP contribution in [0.2, 0.25) is 0 Å². The molecule has 1 N–H and O–H groups in total. The van der Waals surface area contributed by atoms with Crippen molar-refractivity contribution in [3.05, 3.63) is 29.8 Å². The molecule has 2 unspecified atom stereocenters. The highest BCUT2D eigenvalue weighted by molar-refractivity contribution is 7.87. The summed E-state index contributed by atoms with van der Waals surface area (Å²) >= 11 is 0. The minimum absolute atomic E-state index is 0.0302. The second-order valence-electron chi connectivity index (χ2n) is 9.05. The van der Waals surface area contributed by atoms with Crippen LogP contribution in [0, 0.1) is 0 Å². The number of rotatable bonds is 14. The van der Waals surface area contributed by atoms with Gasteiger partial charge in [-0.2, -0.15) is 8.42 Å². The van der Waals surface area contributed by atoms with Crippen LogP contribution in [0.3, 0.4) is 0 Å². The van der Waals surface area contributed by atoms with Gasteiger partial charge in [0.15, 0.2) is 0 Å². The lowest BCUT2D eigenvalue weighted by molar-refractivity contribution is -0.130. The molecule has 1 fully saturated rings. The van der Waals surface area contributed by atoms with Crippen LogP contribution in [0.15, 0.2) is 24.3 Å². The van der Waals surface area contributed by atoms with Crippen LogP contribution in [-0.2, 0) is 21.3 Å². The van der Waals surface area contributed by atoms with Crippen LogP contribution in [-0.4, -0.2) is 50.2 Å². The Bertz CT molecular complexity index is 780. The van der Waals surface area contributed by atoms with Gasteiger partial charge in [-0.15, -0.1) is 0 Å². The normalized spacial score (nSPS) is 17.1. The molecule has 32 heavy (non-hydrogen) atoms. The summed E-state index contributed by atoms with van der Waals surface area (Å²) < 4.78 is 28.7. The summed E-state index contributed by atoms with van der Waals surface area (Å²) in [5, 5.41) is 3.73. The van der Waals surface area contributed by atoms with Gasteiger partial charge >= 0.3 is 10.1 Å². The zero-order valence-electron chi connectivity index (χ0n) is 20.1. The predicted molar refractivity (Wildman–Crippen MR) is 130 cm³/mol. The molecule has 1 aromatic rings. The third-order valence-electron chi connectivity index (χ3n) is 6.06. The van der Waals surface area contributed by atoms with Crippen molar-refractivity contribution in [3.8, 4) is 5.75 Å². The number of amides is 1. The number of nitrogens with zero attached hydrogens (tertiary/aromatic N) is 1. The van der Waals surface area contributed by atoms with E-state index in [1.54, 1.807) is 12.1 Å². The number of nitrogens with one attached hydrogen (secondary N) is 1. The Morgan fingerprint density at radius 3 is 2.53 bits per heavy atom. The summed E-state index contributed by atoms with van der Waals surface area (Å²) in [7, 11) is -3.50. The van der Waals surface area contributed by atoms with Gasteiger partial charge in [-0.3, -0.25) is 4.79 Å². The van der Waals surface area contributed by atoms with Crippen molar-refractivity contribution in [2.75, 3.05) is 18.8 Å². The first-order valence-electron chi connectivity index (χ1n) is 12.4. The third-order valence-corrected chi connectivity index (χ3v) is 7.41. The number of benzene rings is 1. The minimum Gasteiger partial charge on any atom is -0.382 e. The predicted octanol–water partition coefficient (Wildman–Crippen LogP) is 4.68. The molecule has 1 heterocycles. The van der Waals surface area contributed by atoms with Crippen LogP contribution in [0.5, 0.6) is 5.75 Å². The topological polar surface area (TPSA) is 75.7 Å². The van der Waals surface area contributed by atoms with Gasteiger partial charge in [0.1, 0.15) is 5.75 Å². The quantitative estimate of drug-likeness (QED) is 0.318. The molecule has 1 amide bonds. The maximum atomic E-state index is 12.1. The van der Waals surface area contributed by atoms with E-state index in [1.165, 1.54) is 6.42 Å². The fourth-order valence-corrected chi connectivity index (χ4v) is 5.30. The standard InChI is InChI=1S/C25H42N2O4S/c1-4-19-32(29,30)31-24-15-13-22(14-16-24)20-21(3)26-23(5-2)11-8-10-18-27-17-9-6-7-12-25(27)28/h13-16,21,23,26H,4-12,17-20H2,1-3H3. The first-order chi connectivity index (χ1) is 15.3. The SMILES string of the molecule is CCCS(=O)(=O)Oc1ccc(CC(C)NC(CC)CCCCN2CCCCCC2=O)cc1. The van der Waals surface area contributed by atoms with E-state index < -0.39 is 10.1 Å². The van der Waals surface area contributed by atoms with Crippen molar-refractivity contribution in [1.29, 1.82) is 0 Å². The molecule has 0 aliphatic carbocycles. The lowest BCUT2D eigenvalue weighted by atomic mass is 10.0. The van der Waals surface area contributed by atoms with Gasteiger partial charge in [-0.1, -0.05) is 38.8 Å². The molecule has 0 saturated carbocycles. The summed E-state index contributed by atoms with van der Waals surface area (Å²) in [4.78, 5) is 14.2. The number of carbonyl (C=O) groups is 1. The molecule has 182 valence electrons. The van der Waals surface area contributed by atoms with Crippen LogP contribution < -0.4 is 9.50 Å². The Hall–Kier alpha value is -1.60. The van der Waals surface area contributed by atoms with E-state index in [-0.39, 0.29) is 5.75 Å². The Morgan fingerprint density at radius 1 is 1.09 bits per heavy atom. The van der Waals surface area contributed by atoms with Crippen LogP contribution >= 0.6 is 0 Å². The highest BCUT2D eigenvalue weighted by Crippen LogP contribution is 2.17. The summed E-state index contributed by atoms with van der Waals surface area (Å²) in [6.07, 6.45) is 9.89. The lowest BCUT2D eigenvalue weighted by Crippen LogP contribution is -2.37. The van der Waals surface area contributed by atoms with E-state index in [0.717, 1.165) is 70.0 Å². The Morgan fingerprint density at radius 2 is 1.84 bits per heavy atom. The number of carbonyl (C=O) groups excluding carboxylic acids is 1. The Balaban J connectivity index is 1.72. The van der Waals surface area contributed by atoms with Crippen LogP contribution in [0.1, 0.15) is 84.1 Å². The van der Waals surface area contributed by atoms with Gasteiger partial charge in [0, 0.05) is 31.6 Å². The molecule has 1 aromatic carbocycles. The van der Waals surface area contributed by atoms with Gasteiger partial charge in [-0.25, -0.2) is 0 Å². The Labute approximate surface area is 195 Å². The molecule has 0 spiro atoms. The van der Waals surface area contributed by atoms with E-state index >= 15 is 0 Å². The molecule has 6 nitrogen and oxygen atoms in total. The fraction of sp³-hybridized carbons (Fsp3) is 0.720. The number of hydrogen-bond donors (Lipinski definition) is 1. The average Bonchev–Trinajstić information content (AvgIpc) is 2.95. The number of hydrogen-bond acceptors (Lipinski definition) is 5. The summed E-state index contributed by atoms with van der Waals surface area (Å²) in [6.45, 7) is 8.05. The van der Waals surface area contributed by atoms with Crippen molar-refractivity contribution < 1.29 is 17.4 Å². The summed E-state index contributed by atoms with van der Waals surface area (Å²) in [5.41, 5.74) is 1.15. The summed E-state index contributed by atoms with van der Waals surface area (Å²) in [5.74, 6) is 0.737. The molecule has 0 bridgehead atoms. The second kappa shape index (κ2) is 13.8. The number of likely N-dealkylation sites (tertiary alicyclic amines) is 1. The van der Waals surface area contributed by atoms with E-state index in [0.29, 0.717) is 30.2 Å². The lowest BCUT2D eigenvalue weighted by Gasteiger charge is -2.24. The molecule has 1 saturated heterocycles. The zero-order chi connectivity index (χ0) is 23.4. The number of unbranched alkanes of at least 4 members (excludes halogenated alkanes) is 1. The first kappa shape index (κ1) is 26.7. The van der Waals surface area contributed by atoms with Crippen molar-refractivity contribution in [2.45, 2.75) is 97.1 Å². The molecule has 2 rings (SSSR count). The summed E-state index contributed by atoms with van der Waals surface area (Å²) in [6, 6.07) is 8.13. The minimum atomic E-state index is -3.50.